The Bertz CT molecular complexity index is 883. The highest BCUT2D eigenvalue weighted by molar-refractivity contribution is 7.98. The van der Waals surface area contributed by atoms with Gasteiger partial charge in [-0.05, 0) is 44.2 Å². The molecule has 1 atom stereocenters. The molecule has 1 heterocycles. The zero-order valence-electron chi connectivity index (χ0n) is 17.2. The van der Waals surface area contributed by atoms with Crippen LogP contribution in [0.4, 0.5) is 5.69 Å². The smallest absolute Gasteiger partial charge is 0.247 e. The van der Waals surface area contributed by atoms with Gasteiger partial charge < -0.3 is 5.32 Å². The largest absolute Gasteiger partial charge is 0.351 e. The molecule has 0 aromatic heterocycles. The first-order chi connectivity index (χ1) is 13.6. The fraction of sp³-hybridized carbons (Fsp3) is 0.600. The molecule has 2 aliphatic rings. The molecule has 29 heavy (non-hydrogen) atoms. The standard InChI is InChI=1S/C20H29N3O4S2/c1-20(19(25)21-15-8-5-4-6-9-15)14-22(29(3,26)27)13-18(24)23(20)16-10-7-11-17(12-16)28-2/h7,10-12,15H,4-6,8-9,13-14H2,1-3H3,(H,21,25)/t20-/m0/s1. The summed E-state index contributed by atoms with van der Waals surface area (Å²) in [6, 6.07) is 7.50. The summed E-state index contributed by atoms with van der Waals surface area (Å²) in [7, 11) is -3.61. The minimum atomic E-state index is -3.61. The van der Waals surface area contributed by atoms with Crippen LogP contribution in [-0.4, -0.2) is 61.7 Å². The molecule has 160 valence electrons. The number of nitrogens with zero attached hydrogens (tertiary/aromatic N) is 2. The summed E-state index contributed by atoms with van der Waals surface area (Å²) in [6.07, 6.45) is 8.13. The van der Waals surface area contributed by atoms with Gasteiger partial charge in [0.1, 0.15) is 5.54 Å². The number of nitrogens with one attached hydrogen (secondary N) is 1. The Hall–Kier alpha value is -1.58. The number of rotatable bonds is 5. The van der Waals surface area contributed by atoms with Crippen molar-refractivity contribution in [2.24, 2.45) is 0 Å². The van der Waals surface area contributed by atoms with E-state index in [-0.39, 0.29) is 25.0 Å². The van der Waals surface area contributed by atoms with Crippen LogP contribution in [0.25, 0.3) is 0 Å². The molecule has 1 aliphatic heterocycles. The van der Waals surface area contributed by atoms with E-state index in [1.807, 2.05) is 24.5 Å². The van der Waals surface area contributed by atoms with Crippen molar-refractivity contribution in [3.63, 3.8) is 0 Å². The third-order valence-electron chi connectivity index (χ3n) is 5.75. The molecule has 0 bridgehead atoms. The van der Waals surface area contributed by atoms with Crippen LogP contribution in [0.3, 0.4) is 0 Å². The minimum absolute atomic E-state index is 0.0659. The predicted octanol–water partition coefficient (Wildman–Crippen LogP) is 2.22. The van der Waals surface area contributed by atoms with Gasteiger partial charge in [0.05, 0.1) is 12.8 Å². The first-order valence-electron chi connectivity index (χ1n) is 9.88. The number of carbonyl (C=O) groups is 2. The average Bonchev–Trinajstić information content (AvgIpc) is 2.67. The van der Waals surface area contributed by atoms with Gasteiger partial charge in [0.25, 0.3) is 0 Å². The molecule has 1 saturated carbocycles. The molecule has 0 unspecified atom stereocenters. The number of anilines is 1. The van der Waals surface area contributed by atoms with Crippen molar-refractivity contribution >= 4 is 39.3 Å². The molecule has 2 fully saturated rings. The van der Waals surface area contributed by atoms with E-state index in [4.69, 9.17) is 0 Å². The Morgan fingerprint density at radius 1 is 1.24 bits per heavy atom. The molecule has 3 rings (SSSR count). The number of thioether (sulfide) groups is 1. The monoisotopic (exact) mass is 439 g/mol. The third kappa shape index (κ3) is 4.78. The van der Waals surface area contributed by atoms with Gasteiger partial charge in [-0.1, -0.05) is 25.3 Å². The summed E-state index contributed by atoms with van der Waals surface area (Å²) in [4.78, 5) is 29.0. The Labute approximate surface area is 177 Å². The SMILES string of the molecule is CSc1cccc(N2C(=O)CN(S(C)(=O)=O)C[C@@]2(C)C(=O)NC2CCCCC2)c1. The van der Waals surface area contributed by atoms with Crippen LogP contribution in [0.1, 0.15) is 39.0 Å². The molecule has 9 heteroatoms. The number of benzene rings is 1. The molecule has 1 N–H and O–H groups in total. The van der Waals surface area contributed by atoms with Crippen LogP contribution in [0.2, 0.25) is 0 Å². The Kier molecular flexibility index (Phi) is 6.60. The van der Waals surface area contributed by atoms with Gasteiger partial charge >= 0.3 is 0 Å². The molecule has 2 amide bonds. The highest BCUT2D eigenvalue weighted by Gasteiger charge is 2.50. The van der Waals surface area contributed by atoms with Gasteiger partial charge in [-0.15, -0.1) is 11.8 Å². The molecule has 0 spiro atoms. The zero-order chi connectivity index (χ0) is 21.2. The zero-order valence-corrected chi connectivity index (χ0v) is 18.8. The van der Waals surface area contributed by atoms with E-state index in [0.29, 0.717) is 5.69 Å². The third-order valence-corrected chi connectivity index (χ3v) is 7.67. The molecule has 0 radical (unpaired) electrons. The van der Waals surface area contributed by atoms with Crippen molar-refractivity contribution in [1.29, 1.82) is 0 Å². The maximum absolute atomic E-state index is 13.4. The highest BCUT2D eigenvalue weighted by atomic mass is 32.2. The number of piperazine rings is 1. The summed E-state index contributed by atoms with van der Waals surface area (Å²) < 4.78 is 25.5. The lowest BCUT2D eigenvalue weighted by Crippen LogP contribution is -2.70. The Morgan fingerprint density at radius 3 is 2.55 bits per heavy atom. The van der Waals surface area contributed by atoms with Crippen molar-refractivity contribution in [2.45, 2.75) is 55.5 Å². The normalized spacial score (nSPS) is 24.5. The number of carbonyl (C=O) groups excluding carboxylic acids is 2. The second kappa shape index (κ2) is 8.65. The molecular weight excluding hydrogens is 410 g/mol. The summed E-state index contributed by atoms with van der Waals surface area (Å²) in [5.74, 6) is -0.707. The van der Waals surface area contributed by atoms with Crippen molar-refractivity contribution in [1.82, 2.24) is 9.62 Å². The van der Waals surface area contributed by atoms with E-state index in [1.54, 1.807) is 24.8 Å². The van der Waals surface area contributed by atoms with E-state index in [0.717, 1.165) is 47.6 Å². The average molecular weight is 440 g/mol. The molecule has 1 saturated heterocycles. The van der Waals surface area contributed by atoms with Crippen LogP contribution in [-0.2, 0) is 19.6 Å². The molecule has 7 nitrogen and oxygen atoms in total. The number of hydrogen-bond donors (Lipinski definition) is 1. The number of hydrogen-bond acceptors (Lipinski definition) is 5. The van der Waals surface area contributed by atoms with E-state index in [9.17, 15) is 18.0 Å². The Morgan fingerprint density at radius 2 is 1.93 bits per heavy atom. The van der Waals surface area contributed by atoms with Gasteiger partial charge in [-0.25, -0.2) is 8.42 Å². The van der Waals surface area contributed by atoms with Crippen LogP contribution in [0.5, 0.6) is 0 Å². The molecular formula is C20H29N3O4S2. The van der Waals surface area contributed by atoms with Crippen LogP contribution >= 0.6 is 11.8 Å². The summed E-state index contributed by atoms with van der Waals surface area (Å²) in [6.45, 7) is 1.32. The lowest BCUT2D eigenvalue weighted by molar-refractivity contribution is -0.133. The van der Waals surface area contributed by atoms with Gasteiger partial charge in [0, 0.05) is 23.2 Å². The van der Waals surface area contributed by atoms with Gasteiger partial charge in [-0.2, -0.15) is 4.31 Å². The van der Waals surface area contributed by atoms with E-state index < -0.39 is 21.5 Å². The molecule has 1 aromatic rings. The quantitative estimate of drug-likeness (QED) is 0.711. The maximum atomic E-state index is 13.4. The predicted molar refractivity (Wildman–Crippen MR) is 116 cm³/mol. The molecule has 1 aromatic carbocycles. The first kappa shape index (κ1) is 22.1. The van der Waals surface area contributed by atoms with Gasteiger partial charge in [0.15, 0.2) is 0 Å². The summed E-state index contributed by atoms with van der Waals surface area (Å²) in [5.41, 5.74) is -0.719. The van der Waals surface area contributed by atoms with Crippen LogP contribution in [0.15, 0.2) is 29.2 Å². The topological polar surface area (TPSA) is 86.8 Å². The number of amides is 2. The maximum Gasteiger partial charge on any atom is 0.247 e. The van der Waals surface area contributed by atoms with Crippen molar-refractivity contribution < 1.29 is 18.0 Å². The van der Waals surface area contributed by atoms with Crippen molar-refractivity contribution in [2.75, 3.05) is 30.5 Å². The summed E-state index contributed by atoms with van der Waals surface area (Å²) in [5, 5.41) is 3.09. The van der Waals surface area contributed by atoms with Crippen LogP contribution in [0, 0.1) is 0 Å². The lowest BCUT2D eigenvalue weighted by Gasteiger charge is -2.47. The fourth-order valence-corrected chi connectivity index (χ4v) is 5.43. The second-order valence-corrected chi connectivity index (χ2v) is 10.9. The molecule has 1 aliphatic carbocycles. The van der Waals surface area contributed by atoms with Gasteiger partial charge in [0.2, 0.25) is 21.8 Å². The number of sulfonamides is 1. The fourth-order valence-electron chi connectivity index (χ4n) is 4.14. The van der Waals surface area contributed by atoms with Crippen LogP contribution < -0.4 is 10.2 Å². The van der Waals surface area contributed by atoms with E-state index in [2.05, 4.69) is 5.32 Å². The van der Waals surface area contributed by atoms with E-state index in [1.165, 1.54) is 4.90 Å². The van der Waals surface area contributed by atoms with Crippen molar-refractivity contribution in [3.8, 4) is 0 Å². The first-order valence-corrected chi connectivity index (χ1v) is 13.0. The lowest BCUT2D eigenvalue weighted by atomic mass is 9.91. The second-order valence-electron chi connectivity index (χ2n) is 8.04. The Balaban J connectivity index is 1.98. The minimum Gasteiger partial charge on any atom is -0.351 e. The van der Waals surface area contributed by atoms with Gasteiger partial charge in [-0.3, -0.25) is 14.5 Å². The van der Waals surface area contributed by atoms with Crippen molar-refractivity contribution in [3.05, 3.63) is 24.3 Å². The highest BCUT2D eigenvalue weighted by Crippen LogP contribution is 2.33. The van der Waals surface area contributed by atoms with E-state index >= 15 is 0 Å². The summed E-state index contributed by atoms with van der Waals surface area (Å²) >= 11 is 1.55.